The number of anilines is 1. The second-order valence-corrected chi connectivity index (χ2v) is 14.3. The van der Waals surface area contributed by atoms with Crippen LogP contribution in [0.15, 0.2) is 109 Å². The topological polar surface area (TPSA) is 123 Å². The lowest BCUT2D eigenvalue weighted by atomic mass is 9.89. The van der Waals surface area contributed by atoms with E-state index in [4.69, 9.17) is 16.2 Å². The van der Waals surface area contributed by atoms with Crippen LogP contribution in [-0.4, -0.2) is 24.0 Å². The van der Waals surface area contributed by atoms with Crippen molar-refractivity contribution in [3.05, 3.63) is 137 Å². The lowest BCUT2D eigenvalue weighted by molar-refractivity contribution is 0.0988. The van der Waals surface area contributed by atoms with Crippen LogP contribution in [0.3, 0.4) is 0 Å². The normalized spacial score (nSPS) is 13.2. The fourth-order valence-electron chi connectivity index (χ4n) is 6.61. The molecule has 0 heterocycles. The molecule has 7 heteroatoms. The van der Waals surface area contributed by atoms with Crippen molar-refractivity contribution in [3.8, 4) is 5.75 Å². The number of ether oxygens (including phenoxy) is 1. The number of para-hydroxylation sites is 1. The molecule has 4 rings (SSSR count). The van der Waals surface area contributed by atoms with Crippen LogP contribution in [-0.2, 0) is 17.7 Å². The molecule has 0 bridgehead atoms. The number of carbonyl (C=O) groups excluding carboxylic acids is 1. The summed E-state index contributed by atoms with van der Waals surface area (Å²) in [7, 11) is 0. The van der Waals surface area contributed by atoms with E-state index in [1.54, 1.807) is 29.8 Å². The molecular weight excluding hydrogens is 657 g/mol. The number of allylic oxidation sites excluding steroid dienone is 3. The van der Waals surface area contributed by atoms with Gasteiger partial charge in [0.05, 0.1) is 18.3 Å². The third-order valence-corrected chi connectivity index (χ3v) is 10.0. The molecule has 53 heavy (non-hydrogen) atoms. The van der Waals surface area contributed by atoms with E-state index in [0.29, 0.717) is 30.0 Å². The highest BCUT2D eigenvalue weighted by molar-refractivity contribution is 6.00. The predicted molar refractivity (Wildman–Crippen MR) is 221 cm³/mol. The number of rotatable bonds is 24. The second-order valence-electron chi connectivity index (χ2n) is 14.3. The monoisotopic (exact) mass is 718 g/mol. The minimum atomic E-state index is -0.560. The summed E-state index contributed by atoms with van der Waals surface area (Å²) in [5.74, 6) is 0.736. The van der Waals surface area contributed by atoms with Gasteiger partial charge in [0, 0.05) is 48.4 Å². The Bertz CT molecular complexity index is 1720. The molecule has 0 amide bonds. The summed E-state index contributed by atoms with van der Waals surface area (Å²) in [4.78, 5) is 12.3. The molecule has 284 valence electrons. The van der Waals surface area contributed by atoms with Crippen LogP contribution in [0.2, 0.25) is 0 Å². The van der Waals surface area contributed by atoms with Gasteiger partial charge in [-0.15, -0.1) is 0 Å². The number of ketones is 1. The molecule has 3 aromatic rings. The molecule has 1 atom stereocenters. The van der Waals surface area contributed by atoms with Crippen molar-refractivity contribution in [1.29, 1.82) is 0 Å². The number of nitrogens with one attached hydrogen (secondary N) is 2. The first-order chi connectivity index (χ1) is 25.7. The Labute approximate surface area is 318 Å². The quantitative estimate of drug-likeness (QED) is 0.0270. The van der Waals surface area contributed by atoms with Crippen LogP contribution in [0.1, 0.15) is 130 Å². The van der Waals surface area contributed by atoms with Crippen molar-refractivity contribution in [3.63, 3.8) is 0 Å². The SMILES string of the molecule is C=C(N)/C(=C\C(N)c1ccccc1O)OCCc1ccc(CNC(CCCCCCCCCNc2ccc(C(=O)CC)c(C(=C)C)c2)=C2CCC2)cc1. The maximum absolute atomic E-state index is 12.3. The van der Waals surface area contributed by atoms with Crippen molar-refractivity contribution in [2.24, 2.45) is 11.5 Å². The van der Waals surface area contributed by atoms with E-state index in [9.17, 15) is 9.90 Å². The van der Waals surface area contributed by atoms with E-state index in [2.05, 4.69) is 54.1 Å². The number of aromatic hydroxyl groups is 1. The van der Waals surface area contributed by atoms with Crippen molar-refractivity contribution >= 4 is 17.0 Å². The van der Waals surface area contributed by atoms with Crippen LogP contribution >= 0.6 is 0 Å². The number of hydrogen-bond acceptors (Lipinski definition) is 7. The summed E-state index contributed by atoms with van der Waals surface area (Å²) in [5.41, 5.74) is 22.4. The molecular formula is C46H62N4O3. The van der Waals surface area contributed by atoms with Gasteiger partial charge in [-0.05, 0) is 92.5 Å². The van der Waals surface area contributed by atoms with Gasteiger partial charge in [0.1, 0.15) is 11.5 Å². The summed E-state index contributed by atoms with van der Waals surface area (Å²) in [6.45, 7) is 14.0. The summed E-state index contributed by atoms with van der Waals surface area (Å²) in [5, 5.41) is 17.4. The van der Waals surface area contributed by atoms with Crippen molar-refractivity contribution < 1.29 is 14.6 Å². The number of Topliss-reactive ketones (excluding diaryl/α,β-unsaturated/α-hetero) is 1. The van der Waals surface area contributed by atoms with Gasteiger partial charge < -0.3 is 31.9 Å². The Morgan fingerprint density at radius 3 is 2.25 bits per heavy atom. The fraction of sp³-hybridized carbons (Fsp3) is 0.413. The number of carbonyl (C=O) groups is 1. The summed E-state index contributed by atoms with van der Waals surface area (Å²) < 4.78 is 5.96. The van der Waals surface area contributed by atoms with Gasteiger partial charge >= 0.3 is 0 Å². The average Bonchev–Trinajstić information content (AvgIpc) is 3.13. The van der Waals surface area contributed by atoms with E-state index in [-0.39, 0.29) is 11.5 Å². The zero-order chi connectivity index (χ0) is 38.0. The minimum absolute atomic E-state index is 0.136. The number of nitrogens with two attached hydrogens (primary N) is 2. The first kappa shape index (κ1) is 41.0. The second kappa shape index (κ2) is 21.7. The van der Waals surface area contributed by atoms with Gasteiger partial charge in [-0.25, -0.2) is 0 Å². The Kier molecular flexibility index (Phi) is 16.8. The molecule has 1 aliphatic rings. The molecule has 1 saturated carbocycles. The van der Waals surface area contributed by atoms with Gasteiger partial charge in [-0.2, -0.15) is 0 Å². The third-order valence-electron chi connectivity index (χ3n) is 10.0. The highest BCUT2D eigenvalue weighted by atomic mass is 16.5. The number of phenols is 1. The number of benzene rings is 3. The Balaban J connectivity index is 1.10. The van der Waals surface area contributed by atoms with E-state index in [1.165, 1.54) is 74.6 Å². The van der Waals surface area contributed by atoms with Crippen LogP contribution in [0.4, 0.5) is 5.69 Å². The Morgan fingerprint density at radius 2 is 1.60 bits per heavy atom. The lowest BCUT2D eigenvalue weighted by Crippen LogP contribution is -2.18. The highest BCUT2D eigenvalue weighted by Crippen LogP contribution is 2.30. The summed E-state index contributed by atoms with van der Waals surface area (Å²) in [6.07, 6.45) is 16.6. The smallest absolute Gasteiger partial charge is 0.163 e. The number of hydrogen-bond donors (Lipinski definition) is 5. The fourth-order valence-corrected chi connectivity index (χ4v) is 6.61. The largest absolute Gasteiger partial charge is 0.508 e. The molecule has 0 aliphatic heterocycles. The Morgan fingerprint density at radius 1 is 0.925 bits per heavy atom. The zero-order valence-electron chi connectivity index (χ0n) is 32.2. The molecule has 7 N–H and O–H groups in total. The molecule has 1 aliphatic carbocycles. The van der Waals surface area contributed by atoms with E-state index in [1.807, 2.05) is 32.0 Å². The zero-order valence-corrected chi connectivity index (χ0v) is 32.2. The standard InChI is InChI=1S/C46H62N4O3/c1-5-44(51)39-26-25-38(30-41(39)33(2)3)49-28-14-10-8-6-7-9-11-19-43(37-16-15-17-37)50-32-36-23-21-35(22-24-36)27-29-53-46(34(4)47)31-42(48)40-18-12-13-20-45(40)52/h12-13,18,20-26,30-31,42,49-50,52H,2,4-11,14-17,19,27-29,32,47-48H2,1,3H3/b46-31+. The van der Waals surface area contributed by atoms with E-state index >= 15 is 0 Å². The van der Waals surface area contributed by atoms with E-state index < -0.39 is 6.04 Å². The molecule has 0 saturated heterocycles. The first-order valence-corrected chi connectivity index (χ1v) is 19.6. The summed E-state index contributed by atoms with van der Waals surface area (Å²) in [6, 6.07) is 21.1. The van der Waals surface area contributed by atoms with Crippen molar-refractivity contribution in [2.45, 2.75) is 110 Å². The van der Waals surface area contributed by atoms with Crippen LogP contribution in [0.25, 0.3) is 5.57 Å². The van der Waals surface area contributed by atoms with Crippen molar-refractivity contribution in [1.82, 2.24) is 5.32 Å². The van der Waals surface area contributed by atoms with Gasteiger partial charge in [0.25, 0.3) is 0 Å². The molecule has 0 radical (unpaired) electrons. The van der Waals surface area contributed by atoms with Gasteiger partial charge in [-0.3, -0.25) is 4.79 Å². The number of unbranched alkanes of at least 4 members (excludes halogenated alkanes) is 6. The van der Waals surface area contributed by atoms with Gasteiger partial charge in [-0.1, -0.05) is 106 Å². The molecule has 7 nitrogen and oxygen atoms in total. The van der Waals surface area contributed by atoms with Crippen LogP contribution in [0.5, 0.6) is 5.75 Å². The maximum atomic E-state index is 12.3. The number of phenolic OH excluding ortho intramolecular Hbond substituents is 1. The van der Waals surface area contributed by atoms with Crippen LogP contribution in [0, 0.1) is 0 Å². The molecule has 3 aromatic carbocycles. The third kappa shape index (κ3) is 13.3. The van der Waals surface area contributed by atoms with Gasteiger partial charge in [0.2, 0.25) is 0 Å². The predicted octanol–water partition coefficient (Wildman–Crippen LogP) is 10.4. The molecule has 0 spiro atoms. The van der Waals surface area contributed by atoms with Gasteiger partial charge in [0.15, 0.2) is 5.78 Å². The molecule has 1 unspecified atom stereocenters. The summed E-state index contributed by atoms with van der Waals surface area (Å²) >= 11 is 0. The highest BCUT2D eigenvalue weighted by Gasteiger charge is 2.15. The van der Waals surface area contributed by atoms with Crippen molar-refractivity contribution in [2.75, 3.05) is 18.5 Å². The van der Waals surface area contributed by atoms with Crippen LogP contribution < -0.4 is 22.1 Å². The van der Waals surface area contributed by atoms with E-state index in [0.717, 1.165) is 54.7 Å². The maximum Gasteiger partial charge on any atom is 0.163 e. The average molecular weight is 719 g/mol. The molecule has 0 aromatic heterocycles. The molecule has 1 fully saturated rings. The minimum Gasteiger partial charge on any atom is -0.508 e. The lowest BCUT2D eigenvalue weighted by Gasteiger charge is -2.23. The Hall–Kier alpha value is -4.75. The first-order valence-electron chi connectivity index (χ1n) is 19.6.